The molecule has 5 rings (SSSR count). The minimum atomic E-state index is -0.373. The van der Waals surface area contributed by atoms with E-state index in [1.54, 1.807) is 15.6 Å². The summed E-state index contributed by atoms with van der Waals surface area (Å²) in [7, 11) is 0. The Labute approximate surface area is 170 Å². The monoisotopic (exact) mass is 396 g/mol. The van der Waals surface area contributed by atoms with E-state index in [9.17, 15) is 9.59 Å². The van der Waals surface area contributed by atoms with Crippen molar-refractivity contribution in [3.05, 3.63) is 30.1 Å². The maximum absolute atomic E-state index is 12.2. The molecule has 0 bridgehead atoms. The van der Waals surface area contributed by atoms with Gasteiger partial charge in [-0.15, -0.1) is 0 Å². The number of piperazine rings is 1. The highest BCUT2D eigenvalue weighted by Gasteiger charge is 2.30. The number of carbonyl (C=O) groups excluding carboxylic acids is 2. The number of hydrogen-bond donors (Lipinski definition) is 1. The summed E-state index contributed by atoms with van der Waals surface area (Å²) in [6, 6.07) is 4.44. The number of anilines is 1. The second-order valence-electron chi connectivity index (χ2n) is 8.67. The first kappa shape index (κ1) is 18.6. The second kappa shape index (κ2) is 7.42. The first-order valence-electron chi connectivity index (χ1n) is 10.6. The average molecular weight is 396 g/mol. The number of aromatic nitrogens is 2. The van der Waals surface area contributed by atoms with Gasteiger partial charge in [-0.1, -0.05) is 0 Å². The number of urea groups is 1. The molecule has 2 aromatic heterocycles. The van der Waals surface area contributed by atoms with Gasteiger partial charge in [0.15, 0.2) is 0 Å². The molecule has 8 heteroatoms. The lowest BCUT2D eigenvalue weighted by molar-refractivity contribution is -0.120. The predicted octanol–water partition coefficient (Wildman–Crippen LogP) is 1.70. The fraction of sp³-hybridized carbons (Fsp3) is 0.571. The summed E-state index contributed by atoms with van der Waals surface area (Å²) in [4.78, 5) is 30.5. The number of carbonyl (C=O) groups is 2. The number of rotatable bonds is 5. The quantitative estimate of drug-likeness (QED) is 0.833. The number of nitrogens with zero attached hydrogens (tertiary/aromatic N) is 5. The van der Waals surface area contributed by atoms with Gasteiger partial charge < -0.3 is 0 Å². The molecule has 1 saturated carbocycles. The highest BCUT2D eigenvalue weighted by molar-refractivity contribution is 6.07. The van der Waals surface area contributed by atoms with Crippen molar-refractivity contribution < 1.29 is 9.59 Å². The van der Waals surface area contributed by atoms with Gasteiger partial charge in [-0.2, -0.15) is 5.10 Å². The summed E-state index contributed by atoms with van der Waals surface area (Å²) in [6.07, 6.45) is 6.78. The lowest BCUT2D eigenvalue weighted by atomic mass is 10.1. The van der Waals surface area contributed by atoms with E-state index in [1.165, 1.54) is 24.9 Å². The summed E-state index contributed by atoms with van der Waals surface area (Å²) in [6.45, 7) is 8.19. The van der Waals surface area contributed by atoms with Crippen molar-refractivity contribution in [3.8, 4) is 0 Å². The molecule has 0 spiro atoms. The van der Waals surface area contributed by atoms with E-state index in [0.717, 1.165) is 43.3 Å². The predicted molar refractivity (Wildman–Crippen MR) is 110 cm³/mol. The summed E-state index contributed by atoms with van der Waals surface area (Å²) in [5, 5.41) is 6.77. The van der Waals surface area contributed by atoms with E-state index in [4.69, 9.17) is 0 Å². The van der Waals surface area contributed by atoms with E-state index in [0.29, 0.717) is 19.0 Å². The maximum atomic E-state index is 12.2. The van der Waals surface area contributed by atoms with Crippen LogP contribution in [0.3, 0.4) is 0 Å². The van der Waals surface area contributed by atoms with E-state index in [-0.39, 0.29) is 11.9 Å². The first-order valence-corrected chi connectivity index (χ1v) is 10.6. The Bertz CT molecular complexity index is 936. The van der Waals surface area contributed by atoms with Crippen LogP contribution in [0.2, 0.25) is 0 Å². The highest BCUT2D eigenvalue weighted by atomic mass is 16.2. The molecule has 2 aliphatic heterocycles. The highest BCUT2D eigenvalue weighted by Crippen LogP contribution is 2.31. The van der Waals surface area contributed by atoms with Crippen LogP contribution < -0.4 is 10.2 Å². The molecule has 1 atom stereocenters. The summed E-state index contributed by atoms with van der Waals surface area (Å²) < 4.78 is 1.79. The molecule has 1 N–H and O–H groups in total. The van der Waals surface area contributed by atoms with E-state index in [1.807, 2.05) is 6.20 Å². The standard InChI is InChI=1S/C21H28N6O2/c1-15-12-24(8-9-25(15)14-16-2-3-16)13-17-4-7-27-18(10-17)19(11-22-27)26-6-5-20(28)23-21(26)29/h4,7,10-11,15-16H,2-3,5-6,8-9,12-14H2,1H3,(H,23,28,29)/t15-/m0/s1. The van der Waals surface area contributed by atoms with Gasteiger partial charge in [0.05, 0.1) is 17.4 Å². The Kier molecular flexibility index (Phi) is 4.75. The fourth-order valence-corrected chi connectivity index (χ4v) is 4.49. The zero-order valence-corrected chi connectivity index (χ0v) is 16.9. The molecule has 3 amide bonds. The van der Waals surface area contributed by atoms with Gasteiger partial charge in [0.25, 0.3) is 0 Å². The van der Waals surface area contributed by atoms with Crippen molar-refractivity contribution in [2.24, 2.45) is 5.92 Å². The van der Waals surface area contributed by atoms with Crippen LogP contribution >= 0.6 is 0 Å². The van der Waals surface area contributed by atoms with Crippen LogP contribution in [0.25, 0.3) is 5.52 Å². The minimum Gasteiger partial charge on any atom is -0.298 e. The Balaban J connectivity index is 1.30. The number of nitrogens with one attached hydrogen (secondary N) is 1. The Hall–Kier alpha value is -2.45. The van der Waals surface area contributed by atoms with Gasteiger partial charge in [-0.25, -0.2) is 9.31 Å². The van der Waals surface area contributed by atoms with E-state index >= 15 is 0 Å². The summed E-state index contributed by atoms with van der Waals surface area (Å²) >= 11 is 0. The third-order valence-electron chi connectivity index (χ3n) is 6.36. The Morgan fingerprint density at radius 2 is 2.07 bits per heavy atom. The summed E-state index contributed by atoms with van der Waals surface area (Å²) in [5.74, 6) is 0.715. The van der Waals surface area contributed by atoms with Gasteiger partial charge in [0, 0.05) is 57.9 Å². The third-order valence-corrected chi connectivity index (χ3v) is 6.36. The van der Waals surface area contributed by atoms with Gasteiger partial charge in [0.1, 0.15) is 0 Å². The molecular formula is C21H28N6O2. The van der Waals surface area contributed by atoms with Crippen molar-refractivity contribution in [2.75, 3.05) is 37.6 Å². The molecule has 2 saturated heterocycles. The molecule has 8 nitrogen and oxygen atoms in total. The SMILES string of the molecule is C[C@H]1CN(Cc2ccn3ncc(N4CCC(=O)NC4=O)c3c2)CCN1CC1CC1. The van der Waals surface area contributed by atoms with Crippen molar-refractivity contribution in [3.63, 3.8) is 0 Å². The van der Waals surface area contributed by atoms with Gasteiger partial charge >= 0.3 is 6.03 Å². The molecular weight excluding hydrogens is 368 g/mol. The lowest BCUT2D eigenvalue weighted by Crippen LogP contribution is -2.51. The van der Waals surface area contributed by atoms with E-state index in [2.05, 4.69) is 39.3 Å². The van der Waals surface area contributed by atoms with Crippen LogP contribution in [0.5, 0.6) is 0 Å². The molecule has 0 unspecified atom stereocenters. The zero-order valence-electron chi connectivity index (χ0n) is 16.9. The van der Waals surface area contributed by atoms with Crippen molar-refractivity contribution in [2.45, 2.75) is 38.8 Å². The lowest BCUT2D eigenvalue weighted by Gasteiger charge is -2.40. The van der Waals surface area contributed by atoms with Gasteiger partial charge in [0.2, 0.25) is 5.91 Å². The molecule has 3 fully saturated rings. The number of imide groups is 1. The number of hydrogen-bond acceptors (Lipinski definition) is 5. The molecule has 1 aliphatic carbocycles. The molecule has 0 aromatic carbocycles. The number of fused-ring (bicyclic) bond motifs is 1. The van der Waals surface area contributed by atoms with Gasteiger partial charge in [-0.05, 0) is 43.4 Å². The van der Waals surface area contributed by atoms with E-state index < -0.39 is 0 Å². The Morgan fingerprint density at radius 1 is 1.21 bits per heavy atom. The smallest absolute Gasteiger partial charge is 0.298 e. The van der Waals surface area contributed by atoms with Crippen molar-refractivity contribution in [1.82, 2.24) is 24.7 Å². The molecule has 3 aliphatic rings. The molecule has 4 heterocycles. The molecule has 2 aromatic rings. The minimum absolute atomic E-state index is 0.224. The normalized spacial score (nSPS) is 24.3. The van der Waals surface area contributed by atoms with Crippen LogP contribution in [0.15, 0.2) is 24.5 Å². The van der Waals surface area contributed by atoms with Crippen molar-refractivity contribution in [1.29, 1.82) is 0 Å². The maximum Gasteiger partial charge on any atom is 0.328 e. The summed E-state index contributed by atoms with van der Waals surface area (Å²) in [5.41, 5.74) is 2.86. The second-order valence-corrected chi connectivity index (χ2v) is 8.67. The first-order chi connectivity index (χ1) is 14.1. The number of pyridine rings is 1. The zero-order chi connectivity index (χ0) is 20.0. The van der Waals surface area contributed by atoms with Crippen LogP contribution in [-0.2, 0) is 11.3 Å². The van der Waals surface area contributed by atoms with Crippen LogP contribution in [0.1, 0.15) is 31.7 Å². The molecule has 154 valence electrons. The molecule has 29 heavy (non-hydrogen) atoms. The third kappa shape index (κ3) is 3.86. The topological polar surface area (TPSA) is 73.2 Å². The van der Waals surface area contributed by atoms with Gasteiger partial charge in [-0.3, -0.25) is 24.8 Å². The molecule has 0 radical (unpaired) electrons. The fourth-order valence-electron chi connectivity index (χ4n) is 4.49. The van der Waals surface area contributed by atoms with Crippen molar-refractivity contribution >= 4 is 23.1 Å². The van der Waals surface area contributed by atoms with Crippen LogP contribution in [0, 0.1) is 5.92 Å². The van der Waals surface area contributed by atoms with Crippen LogP contribution in [0.4, 0.5) is 10.5 Å². The Morgan fingerprint density at radius 3 is 2.83 bits per heavy atom. The largest absolute Gasteiger partial charge is 0.328 e. The average Bonchev–Trinajstić information content (AvgIpc) is 3.42. The van der Waals surface area contributed by atoms with Crippen LogP contribution in [-0.4, -0.2) is 70.1 Å². The number of amides is 3.